The molecule has 17 heavy (non-hydrogen) atoms. The summed E-state index contributed by atoms with van der Waals surface area (Å²) in [6, 6.07) is -0.0930. The molecule has 6 heteroatoms. The highest BCUT2D eigenvalue weighted by Gasteiger charge is 2.36. The van der Waals surface area contributed by atoms with Gasteiger partial charge >= 0.3 is 0 Å². The van der Waals surface area contributed by atoms with Crippen molar-refractivity contribution in [3.63, 3.8) is 0 Å². The van der Waals surface area contributed by atoms with Gasteiger partial charge in [0.25, 0.3) is 5.91 Å². The predicted octanol–water partition coefficient (Wildman–Crippen LogP) is -0.998. The van der Waals surface area contributed by atoms with E-state index in [1.807, 2.05) is 0 Å². The quantitative estimate of drug-likeness (QED) is 0.603. The molecule has 0 bridgehead atoms. The van der Waals surface area contributed by atoms with E-state index in [-0.39, 0.29) is 24.1 Å². The van der Waals surface area contributed by atoms with Gasteiger partial charge < -0.3 is 10.6 Å². The SMILES string of the molecule is CN1C(=O)CC(NC(=O)CCNC2CC2)C1=O. The van der Waals surface area contributed by atoms with Crippen molar-refractivity contribution in [1.82, 2.24) is 15.5 Å². The minimum atomic E-state index is -0.666. The number of likely N-dealkylation sites (N-methyl/N-ethyl adjacent to an activating group) is 1. The van der Waals surface area contributed by atoms with E-state index < -0.39 is 6.04 Å². The number of nitrogens with zero attached hydrogens (tertiary/aromatic N) is 1. The topological polar surface area (TPSA) is 78.5 Å². The van der Waals surface area contributed by atoms with Gasteiger partial charge in [-0.25, -0.2) is 0 Å². The molecule has 94 valence electrons. The van der Waals surface area contributed by atoms with E-state index in [4.69, 9.17) is 0 Å². The summed E-state index contributed by atoms with van der Waals surface area (Å²) in [6.07, 6.45) is 2.79. The van der Waals surface area contributed by atoms with E-state index in [1.54, 1.807) is 0 Å². The summed E-state index contributed by atoms with van der Waals surface area (Å²) < 4.78 is 0. The molecular weight excluding hydrogens is 222 g/mol. The van der Waals surface area contributed by atoms with Crippen molar-refractivity contribution in [2.75, 3.05) is 13.6 Å². The molecule has 6 nitrogen and oxygen atoms in total. The Balaban J connectivity index is 1.70. The predicted molar refractivity (Wildman–Crippen MR) is 60.0 cm³/mol. The Kier molecular flexibility index (Phi) is 3.42. The molecule has 1 aliphatic carbocycles. The van der Waals surface area contributed by atoms with Gasteiger partial charge in [0.05, 0.1) is 6.42 Å². The van der Waals surface area contributed by atoms with E-state index >= 15 is 0 Å². The standard InChI is InChI=1S/C11H17N3O3/c1-14-10(16)6-8(11(14)17)13-9(15)4-5-12-7-2-3-7/h7-8,12H,2-6H2,1H3,(H,13,15). The highest BCUT2D eigenvalue weighted by molar-refractivity contribution is 6.06. The maximum absolute atomic E-state index is 11.5. The minimum Gasteiger partial charge on any atom is -0.344 e. The Labute approximate surface area is 99.7 Å². The summed E-state index contributed by atoms with van der Waals surface area (Å²) in [5, 5.41) is 5.81. The van der Waals surface area contributed by atoms with E-state index in [1.165, 1.54) is 19.9 Å². The molecule has 2 N–H and O–H groups in total. The van der Waals surface area contributed by atoms with Crippen LogP contribution in [-0.4, -0.2) is 48.3 Å². The number of likely N-dealkylation sites (tertiary alicyclic amines) is 1. The summed E-state index contributed by atoms with van der Waals surface area (Å²) in [7, 11) is 1.44. The van der Waals surface area contributed by atoms with Crippen LogP contribution in [0.2, 0.25) is 0 Å². The third-order valence-corrected chi connectivity index (χ3v) is 3.08. The van der Waals surface area contributed by atoms with E-state index in [2.05, 4.69) is 10.6 Å². The van der Waals surface area contributed by atoms with Crippen molar-refractivity contribution in [2.24, 2.45) is 0 Å². The van der Waals surface area contributed by atoms with Crippen LogP contribution in [0.5, 0.6) is 0 Å². The van der Waals surface area contributed by atoms with Crippen LogP contribution in [-0.2, 0) is 14.4 Å². The zero-order chi connectivity index (χ0) is 12.4. The first-order valence-electron chi connectivity index (χ1n) is 5.91. The molecule has 0 radical (unpaired) electrons. The maximum atomic E-state index is 11.5. The Morgan fingerprint density at radius 3 is 2.65 bits per heavy atom. The van der Waals surface area contributed by atoms with Gasteiger partial charge in [-0.3, -0.25) is 19.3 Å². The molecule has 1 saturated carbocycles. The number of imide groups is 1. The smallest absolute Gasteiger partial charge is 0.252 e. The third kappa shape index (κ3) is 3.03. The molecule has 1 saturated heterocycles. The van der Waals surface area contributed by atoms with Gasteiger partial charge in [0.2, 0.25) is 11.8 Å². The van der Waals surface area contributed by atoms with Crippen molar-refractivity contribution < 1.29 is 14.4 Å². The maximum Gasteiger partial charge on any atom is 0.252 e. The van der Waals surface area contributed by atoms with Gasteiger partial charge in [-0.2, -0.15) is 0 Å². The minimum absolute atomic E-state index is 0.0805. The molecule has 1 aliphatic heterocycles. The molecule has 1 heterocycles. The summed E-state index contributed by atoms with van der Waals surface area (Å²) in [5.41, 5.74) is 0. The van der Waals surface area contributed by atoms with Crippen LogP contribution in [0.25, 0.3) is 0 Å². The second-order valence-corrected chi connectivity index (χ2v) is 4.59. The number of hydrogen-bond acceptors (Lipinski definition) is 4. The van der Waals surface area contributed by atoms with Crippen LogP contribution >= 0.6 is 0 Å². The van der Waals surface area contributed by atoms with Gasteiger partial charge in [0.15, 0.2) is 0 Å². The first-order chi connectivity index (χ1) is 8.08. The molecular formula is C11H17N3O3. The molecule has 2 fully saturated rings. The van der Waals surface area contributed by atoms with Gasteiger partial charge in [-0.15, -0.1) is 0 Å². The average Bonchev–Trinajstić information content (AvgIpc) is 3.06. The van der Waals surface area contributed by atoms with Gasteiger partial charge in [-0.05, 0) is 12.8 Å². The van der Waals surface area contributed by atoms with Crippen molar-refractivity contribution in [2.45, 2.75) is 37.8 Å². The van der Waals surface area contributed by atoms with E-state index in [0.29, 0.717) is 19.0 Å². The molecule has 2 rings (SSSR count). The zero-order valence-electron chi connectivity index (χ0n) is 9.86. The Morgan fingerprint density at radius 2 is 2.12 bits per heavy atom. The fourth-order valence-corrected chi connectivity index (χ4v) is 1.81. The fourth-order valence-electron chi connectivity index (χ4n) is 1.81. The lowest BCUT2D eigenvalue weighted by Crippen LogP contribution is -2.41. The molecule has 0 spiro atoms. The fraction of sp³-hybridized carbons (Fsp3) is 0.727. The first-order valence-corrected chi connectivity index (χ1v) is 5.91. The summed E-state index contributed by atoms with van der Waals surface area (Å²) >= 11 is 0. The lowest BCUT2D eigenvalue weighted by Gasteiger charge is -2.11. The van der Waals surface area contributed by atoms with Crippen molar-refractivity contribution in [1.29, 1.82) is 0 Å². The van der Waals surface area contributed by atoms with E-state index in [0.717, 1.165) is 4.90 Å². The second kappa shape index (κ2) is 4.83. The zero-order valence-corrected chi connectivity index (χ0v) is 9.86. The monoisotopic (exact) mass is 239 g/mol. The van der Waals surface area contributed by atoms with Crippen LogP contribution in [0.3, 0.4) is 0 Å². The number of nitrogens with one attached hydrogen (secondary N) is 2. The van der Waals surface area contributed by atoms with Crippen molar-refractivity contribution in [3.05, 3.63) is 0 Å². The van der Waals surface area contributed by atoms with Gasteiger partial charge in [0.1, 0.15) is 6.04 Å². The highest BCUT2D eigenvalue weighted by Crippen LogP contribution is 2.18. The Hall–Kier alpha value is -1.43. The lowest BCUT2D eigenvalue weighted by atomic mass is 10.2. The Bertz CT molecular complexity index is 352. The second-order valence-electron chi connectivity index (χ2n) is 4.59. The van der Waals surface area contributed by atoms with Crippen LogP contribution < -0.4 is 10.6 Å². The molecule has 0 aromatic carbocycles. The summed E-state index contributed by atoms with van der Waals surface area (Å²) in [5.74, 6) is -0.741. The summed E-state index contributed by atoms with van der Waals surface area (Å²) in [4.78, 5) is 35.3. The molecule has 2 aliphatic rings. The number of rotatable bonds is 5. The van der Waals surface area contributed by atoms with Gasteiger partial charge in [0, 0.05) is 26.1 Å². The Morgan fingerprint density at radius 1 is 1.41 bits per heavy atom. The molecule has 0 aromatic rings. The van der Waals surface area contributed by atoms with Crippen molar-refractivity contribution >= 4 is 17.7 Å². The number of carbonyl (C=O) groups is 3. The van der Waals surface area contributed by atoms with Crippen LogP contribution in [0, 0.1) is 0 Å². The largest absolute Gasteiger partial charge is 0.344 e. The number of hydrogen-bond donors (Lipinski definition) is 2. The summed E-state index contributed by atoms with van der Waals surface area (Å²) in [6.45, 7) is 0.626. The van der Waals surface area contributed by atoms with Gasteiger partial charge in [-0.1, -0.05) is 0 Å². The number of carbonyl (C=O) groups excluding carboxylic acids is 3. The van der Waals surface area contributed by atoms with Crippen LogP contribution in [0.1, 0.15) is 25.7 Å². The van der Waals surface area contributed by atoms with Crippen molar-refractivity contribution in [3.8, 4) is 0 Å². The molecule has 3 amide bonds. The first kappa shape index (κ1) is 12.0. The lowest BCUT2D eigenvalue weighted by molar-refractivity contribution is -0.138. The third-order valence-electron chi connectivity index (χ3n) is 3.08. The van der Waals surface area contributed by atoms with Crippen LogP contribution in [0.4, 0.5) is 0 Å². The molecule has 0 aromatic heterocycles. The van der Waals surface area contributed by atoms with Crippen LogP contribution in [0.15, 0.2) is 0 Å². The highest BCUT2D eigenvalue weighted by atomic mass is 16.2. The molecule has 1 unspecified atom stereocenters. The number of amides is 3. The normalized spacial score (nSPS) is 24.3. The molecule has 1 atom stereocenters. The average molecular weight is 239 g/mol. The van der Waals surface area contributed by atoms with E-state index in [9.17, 15) is 14.4 Å².